The molecule has 0 aromatic heterocycles. The number of rotatable bonds is 3. The second-order valence-corrected chi connectivity index (χ2v) is 3.73. The fraction of sp³-hybridized carbons (Fsp3) is 0.889. The van der Waals surface area contributed by atoms with Gasteiger partial charge < -0.3 is 9.80 Å². The molecule has 1 aliphatic heterocycles. The molecule has 0 aromatic rings. The summed E-state index contributed by atoms with van der Waals surface area (Å²) in [5.41, 5.74) is 0. The van der Waals surface area contributed by atoms with E-state index in [4.69, 9.17) is 0 Å². The average molecular weight is 169 g/mol. The van der Waals surface area contributed by atoms with E-state index in [1.807, 2.05) is 13.4 Å². The maximum absolute atomic E-state index is 3.98. The Labute approximate surface area is 75.1 Å². The normalized spacial score (nSPS) is 25.4. The SMILES string of the molecule is CN=CN(C)C[C@H]1CCN(C)C1. The molecule has 1 heterocycles. The third-order valence-electron chi connectivity index (χ3n) is 2.35. The third-order valence-corrected chi connectivity index (χ3v) is 2.35. The van der Waals surface area contributed by atoms with Crippen molar-refractivity contribution < 1.29 is 0 Å². The number of nitrogens with zero attached hydrogens (tertiary/aromatic N) is 3. The lowest BCUT2D eigenvalue weighted by molar-refractivity contribution is 0.359. The molecule has 1 atom stereocenters. The van der Waals surface area contributed by atoms with E-state index >= 15 is 0 Å². The van der Waals surface area contributed by atoms with Crippen molar-refractivity contribution in [2.45, 2.75) is 6.42 Å². The van der Waals surface area contributed by atoms with E-state index < -0.39 is 0 Å². The highest BCUT2D eigenvalue weighted by molar-refractivity contribution is 5.53. The molecule has 0 bridgehead atoms. The zero-order valence-corrected chi connectivity index (χ0v) is 8.32. The standard InChI is InChI=1S/C9H19N3/c1-10-8-12(3)7-9-4-5-11(2)6-9/h8-9H,4-7H2,1-3H3/t9-/m0/s1. The molecule has 12 heavy (non-hydrogen) atoms. The van der Waals surface area contributed by atoms with Gasteiger partial charge in [-0.25, -0.2) is 0 Å². The van der Waals surface area contributed by atoms with Crippen molar-refractivity contribution in [3.8, 4) is 0 Å². The molecule has 0 unspecified atom stereocenters. The lowest BCUT2D eigenvalue weighted by Crippen LogP contribution is -2.26. The molecular weight excluding hydrogens is 150 g/mol. The quantitative estimate of drug-likeness (QED) is 0.453. The van der Waals surface area contributed by atoms with Crippen molar-refractivity contribution in [2.75, 3.05) is 40.8 Å². The van der Waals surface area contributed by atoms with Gasteiger partial charge in [0.2, 0.25) is 0 Å². The van der Waals surface area contributed by atoms with Gasteiger partial charge in [-0.2, -0.15) is 0 Å². The molecule has 3 heteroatoms. The Hall–Kier alpha value is -0.570. The summed E-state index contributed by atoms with van der Waals surface area (Å²) < 4.78 is 0. The summed E-state index contributed by atoms with van der Waals surface area (Å²) in [4.78, 5) is 8.54. The van der Waals surface area contributed by atoms with Crippen molar-refractivity contribution in [1.29, 1.82) is 0 Å². The summed E-state index contributed by atoms with van der Waals surface area (Å²) in [5.74, 6) is 0.831. The topological polar surface area (TPSA) is 18.8 Å². The zero-order chi connectivity index (χ0) is 8.97. The Kier molecular flexibility index (Phi) is 3.53. The fourth-order valence-corrected chi connectivity index (χ4v) is 1.83. The number of hydrogen-bond donors (Lipinski definition) is 0. The predicted molar refractivity (Wildman–Crippen MR) is 52.7 cm³/mol. The average Bonchev–Trinajstić information content (AvgIpc) is 2.36. The molecule has 0 aliphatic carbocycles. The van der Waals surface area contributed by atoms with E-state index in [2.05, 4.69) is 28.9 Å². The van der Waals surface area contributed by atoms with Crippen molar-refractivity contribution >= 4 is 6.34 Å². The molecule has 0 radical (unpaired) electrons. The minimum Gasteiger partial charge on any atom is -0.366 e. The van der Waals surface area contributed by atoms with Crippen LogP contribution >= 0.6 is 0 Å². The van der Waals surface area contributed by atoms with Gasteiger partial charge in [-0.15, -0.1) is 0 Å². The largest absolute Gasteiger partial charge is 0.366 e. The summed E-state index contributed by atoms with van der Waals surface area (Å²) in [5, 5.41) is 0. The Bertz CT molecular complexity index is 156. The summed E-state index contributed by atoms with van der Waals surface area (Å²) in [6.07, 6.45) is 3.23. The summed E-state index contributed by atoms with van der Waals surface area (Å²) in [6, 6.07) is 0. The molecule has 70 valence electrons. The van der Waals surface area contributed by atoms with Crippen LogP contribution < -0.4 is 0 Å². The molecule has 1 fully saturated rings. The molecule has 1 rings (SSSR count). The Morgan fingerprint density at radius 2 is 2.42 bits per heavy atom. The molecular formula is C9H19N3. The molecule has 0 amide bonds. The third kappa shape index (κ3) is 2.81. The van der Waals surface area contributed by atoms with Crippen LogP contribution in [-0.4, -0.2) is 56.9 Å². The van der Waals surface area contributed by atoms with Crippen LogP contribution in [0.2, 0.25) is 0 Å². The van der Waals surface area contributed by atoms with Crippen molar-refractivity contribution in [2.24, 2.45) is 10.9 Å². The molecule has 0 spiro atoms. The highest BCUT2D eigenvalue weighted by atomic mass is 15.2. The van der Waals surface area contributed by atoms with Gasteiger partial charge in [-0.3, -0.25) is 4.99 Å². The second kappa shape index (κ2) is 4.45. The van der Waals surface area contributed by atoms with Gasteiger partial charge in [0, 0.05) is 27.2 Å². The maximum atomic E-state index is 3.98. The monoisotopic (exact) mass is 169 g/mol. The molecule has 1 aliphatic rings. The lowest BCUT2D eigenvalue weighted by atomic mass is 10.1. The van der Waals surface area contributed by atoms with Crippen LogP contribution in [0.3, 0.4) is 0 Å². The molecule has 0 saturated carbocycles. The van der Waals surface area contributed by atoms with Gasteiger partial charge in [-0.1, -0.05) is 0 Å². The van der Waals surface area contributed by atoms with Crippen LogP contribution in [0, 0.1) is 5.92 Å². The predicted octanol–water partition coefficient (Wildman–Crippen LogP) is 0.528. The summed E-state index contributed by atoms with van der Waals surface area (Å²) >= 11 is 0. The van der Waals surface area contributed by atoms with E-state index in [-0.39, 0.29) is 0 Å². The minimum absolute atomic E-state index is 0.831. The van der Waals surface area contributed by atoms with Crippen LogP contribution in [0.25, 0.3) is 0 Å². The second-order valence-electron chi connectivity index (χ2n) is 3.73. The summed E-state index contributed by atoms with van der Waals surface area (Å²) in [7, 11) is 6.09. The first kappa shape index (κ1) is 9.52. The first-order valence-electron chi connectivity index (χ1n) is 4.53. The highest BCUT2D eigenvalue weighted by Crippen LogP contribution is 2.14. The molecule has 1 saturated heterocycles. The number of aliphatic imine (C=N–C) groups is 1. The van der Waals surface area contributed by atoms with Gasteiger partial charge >= 0.3 is 0 Å². The molecule has 0 N–H and O–H groups in total. The first-order valence-corrected chi connectivity index (χ1v) is 4.53. The van der Waals surface area contributed by atoms with Crippen LogP contribution in [0.1, 0.15) is 6.42 Å². The van der Waals surface area contributed by atoms with Crippen LogP contribution in [0.5, 0.6) is 0 Å². The van der Waals surface area contributed by atoms with Crippen LogP contribution in [0.4, 0.5) is 0 Å². The van der Waals surface area contributed by atoms with Crippen LogP contribution in [0.15, 0.2) is 4.99 Å². The number of likely N-dealkylation sites (tertiary alicyclic amines) is 1. The van der Waals surface area contributed by atoms with Gasteiger partial charge in [0.15, 0.2) is 0 Å². The number of hydrogen-bond acceptors (Lipinski definition) is 2. The summed E-state index contributed by atoms with van der Waals surface area (Å²) in [6.45, 7) is 3.63. The fourth-order valence-electron chi connectivity index (χ4n) is 1.83. The van der Waals surface area contributed by atoms with Gasteiger partial charge in [0.05, 0.1) is 6.34 Å². The van der Waals surface area contributed by atoms with Crippen LogP contribution in [-0.2, 0) is 0 Å². The van der Waals surface area contributed by atoms with Crippen molar-refractivity contribution in [1.82, 2.24) is 9.80 Å². The Morgan fingerprint density at radius 3 is 2.92 bits per heavy atom. The van der Waals surface area contributed by atoms with Gasteiger partial charge in [-0.05, 0) is 25.9 Å². The van der Waals surface area contributed by atoms with Crippen molar-refractivity contribution in [3.05, 3.63) is 0 Å². The van der Waals surface area contributed by atoms with Crippen molar-refractivity contribution in [3.63, 3.8) is 0 Å². The van der Waals surface area contributed by atoms with E-state index in [0.717, 1.165) is 12.5 Å². The molecule has 0 aromatic carbocycles. The van der Waals surface area contributed by atoms with E-state index in [1.165, 1.54) is 19.5 Å². The Balaban J connectivity index is 2.22. The highest BCUT2D eigenvalue weighted by Gasteiger charge is 2.19. The van der Waals surface area contributed by atoms with E-state index in [1.54, 1.807) is 0 Å². The molecule has 3 nitrogen and oxygen atoms in total. The minimum atomic E-state index is 0.831. The zero-order valence-electron chi connectivity index (χ0n) is 8.32. The smallest absolute Gasteiger partial charge is 0.0843 e. The van der Waals surface area contributed by atoms with Gasteiger partial charge in [0.25, 0.3) is 0 Å². The van der Waals surface area contributed by atoms with Gasteiger partial charge in [0.1, 0.15) is 0 Å². The van der Waals surface area contributed by atoms with E-state index in [0.29, 0.717) is 0 Å². The Morgan fingerprint density at radius 1 is 1.67 bits per heavy atom. The lowest BCUT2D eigenvalue weighted by Gasteiger charge is -2.17. The maximum Gasteiger partial charge on any atom is 0.0843 e. The van der Waals surface area contributed by atoms with E-state index in [9.17, 15) is 0 Å². The first-order chi connectivity index (χ1) is 5.72.